The second-order valence-electron chi connectivity index (χ2n) is 4.97. The summed E-state index contributed by atoms with van der Waals surface area (Å²) in [4.78, 5) is 0. The fourth-order valence-electron chi connectivity index (χ4n) is 2.45. The molecule has 0 spiro atoms. The van der Waals surface area contributed by atoms with Crippen molar-refractivity contribution in [1.82, 2.24) is 5.32 Å². The fourth-order valence-corrected chi connectivity index (χ4v) is 3.00. The van der Waals surface area contributed by atoms with Crippen LogP contribution in [0, 0.1) is 11.8 Å². The van der Waals surface area contributed by atoms with Crippen molar-refractivity contribution in [3.8, 4) is 0 Å². The highest BCUT2D eigenvalue weighted by Gasteiger charge is 2.17. The molecule has 3 unspecified atom stereocenters. The molecule has 1 fully saturated rings. The van der Waals surface area contributed by atoms with Gasteiger partial charge in [0.25, 0.3) is 0 Å². The highest BCUT2D eigenvalue weighted by molar-refractivity contribution is 7.84. The molecule has 0 aliphatic heterocycles. The first kappa shape index (κ1) is 13.2. The van der Waals surface area contributed by atoms with Crippen LogP contribution in [0.4, 0.5) is 0 Å². The Morgan fingerprint density at radius 3 is 2.87 bits per heavy atom. The summed E-state index contributed by atoms with van der Waals surface area (Å²) in [6.45, 7) is 4.57. The summed E-state index contributed by atoms with van der Waals surface area (Å²) in [5.41, 5.74) is 0. The maximum Gasteiger partial charge on any atom is 0.0244 e. The Morgan fingerprint density at radius 1 is 1.40 bits per heavy atom. The quantitative estimate of drug-likeness (QED) is 0.710. The zero-order chi connectivity index (χ0) is 11.1. The standard InChI is InChI=1S/C12H25NOS/c1-11-5-3-6-12(9-11)10-13-7-4-8-15(2)14/h11-13H,3-10H2,1-2H3. The SMILES string of the molecule is CC1CCCC(CNCCCS(C)=O)C1. The molecule has 0 aromatic heterocycles. The van der Waals surface area contributed by atoms with E-state index in [-0.39, 0.29) is 0 Å². The lowest BCUT2D eigenvalue weighted by Gasteiger charge is -2.26. The van der Waals surface area contributed by atoms with Crippen LogP contribution in [0.1, 0.15) is 39.0 Å². The van der Waals surface area contributed by atoms with E-state index in [0.717, 1.165) is 30.6 Å². The average molecular weight is 231 g/mol. The van der Waals surface area contributed by atoms with Crippen molar-refractivity contribution in [1.29, 1.82) is 0 Å². The first-order valence-corrected chi connectivity index (χ1v) is 7.92. The highest BCUT2D eigenvalue weighted by atomic mass is 32.2. The van der Waals surface area contributed by atoms with Gasteiger partial charge in [-0.3, -0.25) is 4.21 Å². The van der Waals surface area contributed by atoms with Gasteiger partial charge in [-0.05, 0) is 44.2 Å². The molecule has 0 heterocycles. The van der Waals surface area contributed by atoms with Crippen molar-refractivity contribution in [2.75, 3.05) is 25.1 Å². The van der Waals surface area contributed by atoms with Crippen molar-refractivity contribution in [3.63, 3.8) is 0 Å². The lowest BCUT2D eigenvalue weighted by Crippen LogP contribution is -2.27. The molecule has 0 amide bonds. The van der Waals surface area contributed by atoms with Gasteiger partial charge in [0.15, 0.2) is 0 Å². The minimum Gasteiger partial charge on any atom is -0.316 e. The molecule has 1 aliphatic carbocycles. The third-order valence-electron chi connectivity index (χ3n) is 3.26. The van der Waals surface area contributed by atoms with Crippen molar-refractivity contribution in [2.24, 2.45) is 11.8 Å². The highest BCUT2D eigenvalue weighted by Crippen LogP contribution is 2.27. The van der Waals surface area contributed by atoms with Crippen molar-refractivity contribution in [2.45, 2.75) is 39.0 Å². The van der Waals surface area contributed by atoms with E-state index in [9.17, 15) is 4.21 Å². The number of hydrogen-bond acceptors (Lipinski definition) is 2. The van der Waals surface area contributed by atoms with E-state index in [0.29, 0.717) is 0 Å². The first-order valence-electron chi connectivity index (χ1n) is 6.19. The molecule has 0 aromatic rings. The predicted octanol–water partition coefficient (Wildman–Crippen LogP) is 2.17. The largest absolute Gasteiger partial charge is 0.316 e. The molecule has 1 saturated carbocycles. The number of hydrogen-bond donors (Lipinski definition) is 1. The predicted molar refractivity (Wildman–Crippen MR) is 67.5 cm³/mol. The molecular weight excluding hydrogens is 206 g/mol. The summed E-state index contributed by atoms with van der Waals surface area (Å²) in [5, 5.41) is 3.50. The zero-order valence-electron chi connectivity index (χ0n) is 10.1. The van der Waals surface area contributed by atoms with E-state index in [4.69, 9.17) is 0 Å². The Hall–Kier alpha value is 0.110. The van der Waals surface area contributed by atoms with Gasteiger partial charge in [-0.15, -0.1) is 0 Å². The normalized spacial score (nSPS) is 28.9. The zero-order valence-corrected chi connectivity index (χ0v) is 10.9. The molecule has 90 valence electrons. The van der Waals surface area contributed by atoms with Crippen molar-refractivity contribution < 1.29 is 4.21 Å². The molecular formula is C12H25NOS. The van der Waals surface area contributed by atoms with E-state index >= 15 is 0 Å². The van der Waals surface area contributed by atoms with Gasteiger partial charge in [0.2, 0.25) is 0 Å². The van der Waals surface area contributed by atoms with Crippen LogP contribution in [0.2, 0.25) is 0 Å². The van der Waals surface area contributed by atoms with Crippen LogP contribution < -0.4 is 5.32 Å². The summed E-state index contributed by atoms with van der Waals surface area (Å²) in [7, 11) is -0.619. The number of nitrogens with one attached hydrogen (secondary N) is 1. The van der Waals surface area contributed by atoms with Gasteiger partial charge in [0, 0.05) is 22.8 Å². The molecule has 0 saturated heterocycles. The van der Waals surface area contributed by atoms with Crippen LogP contribution in [-0.4, -0.2) is 29.3 Å². The summed E-state index contributed by atoms with van der Waals surface area (Å²) in [5.74, 6) is 2.66. The minimum atomic E-state index is -0.619. The van der Waals surface area contributed by atoms with E-state index < -0.39 is 10.8 Å². The van der Waals surface area contributed by atoms with Gasteiger partial charge in [-0.1, -0.05) is 19.8 Å². The second-order valence-corrected chi connectivity index (χ2v) is 6.53. The average Bonchev–Trinajstić information content (AvgIpc) is 2.17. The van der Waals surface area contributed by atoms with Gasteiger partial charge in [0.05, 0.1) is 0 Å². The molecule has 1 N–H and O–H groups in total. The van der Waals surface area contributed by atoms with Gasteiger partial charge >= 0.3 is 0 Å². The van der Waals surface area contributed by atoms with Gasteiger partial charge in [-0.2, -0.15) is 0 Å². The topological polar surface area (TPSA) is 29.1 Å². The smallest absolute Gasteiger partial charge is 0.0244 e. The Kier molecular flexibility index (Phi) is 6.50. The van der Waals surface area contributed by atoms with Crippen LogP contribution >= 0.6 is 0 Å². The molecule has 2 nitrogen and oxygen atoms in total. The summed E-state index contributed by atoms with van der Waals surface area (Å²) < 4.78 is 10.8. The fraction of sp³-hybridized carbons (Fsp3) is 1.00. The molecule has 0 bridgehead atoms. The van der Waals surface area contributed by atoms with Gasteiger partial charge in [0.1, 0.15) is 0 Å². The molecule has 0 aromatic carbocycles. The third kappa shape index (κ3) is 6.31. The molecule has 0 radical (unpaired) electrons. The summed E-state index contributed by atoms with van der Waals surface area (Å²) >= 11 is 0. The van der Waals surface area contributed by atoms with Crippen molar-refractivity contribution >= 4 is 10.8 Å². The maximum absolute atomic E-state index is 10.8. The molecule has 1 rings (SSSR count). The van der Waals surface area contributed by atoms with E-state index in [1.165, 1.54) is 32.2 Å². The third-order valence-corrected chi connectivity index (χ3v) is 4.13. The van der Waals surface area contributed by atoms with Crippen LogP contribution in [0.25, 0.3) is 0 Å². The Balaban J connectivity index is 1.97. The van der Waals surface area contributed by atoms with Crippen molar-refractivity contribution in [3.05, 3.63) is 0 Å². The number of rotatable bonds is 6. The van der Waals surface area contributed by atoms with Crippen LogP contribution in [0.15, 0.2) is 0 Å². The first-order chi connectivity index (χ1) is 7.18. The molecule has 15 heavy (non-hydrogen) atoms. The Bertz CT molecular complexity index is 196. The second kappa shape index (κ2) is 7.39. The van der Waals surface area contributed by atoms with Crippen LogP contribution in [0.3, 0.4) is 0 Å². The minimum absolute atomic E-state index is 0.619. The lowest BCUT2D eigenvalue weighted by molar-refractivity contribution is 0.275. The maximum atomic E-state index is 10.8. The van der Waals surface area contributed by atoms with E-state index in [1.807, 2.05) is 0 Å². The van der Waals surface area contributed by atoms with Crippen LogP contribution in [0.5, 0.6) is 0 Å². The van der Waals surface area contributed by atoms with Gasteiger partial charge < -0.3 is 5.32 Å². The molecule has 3 heteroatoms. The summed E-state index contributed by atoms with van der Waals surface area (Å²) in [6.07, 6.45) is 8.45. The monoisotopic (exact) mass is 231 g/mol. The van der Waals surface area contributed by atoms with E-state index in [2.05, 4.69) is 12.2 Å². The lowest BCUT2D eigenvalue weighted by atomic mass is 9.82. The summed E-state index contributed by atoms with van der Waals surface area (Å²) in [6, 6.07) is 0. The Morgan fingerprint density at radius 2 is 2.20 bits per heavy atom. The molecule has 3 atom stereocenters. The van der Waals surface area contributed by atoms with E-state index in [1.54, 1.807) is 6.26 Å². The Labute approximate surface area is 96.7 Å². The van der Waals surface area contributed by atoms with Crippen LogP contribution in [-0.2, 0) is 10.8 Å². The van der Waals surface area contributed by atoms with Gasteiger partial charge in [-0.25, -0.2) is 0 Å². The molecule has 1 aliphatic rings.